The van der Waals surface area contributed by atoms with Crippen LogP contribution in [0.3, 0.4) is 0 Å². The van der Waals surface area contributed by atoms with Gasteiger partial charge in [-0.2, -0.15) is 5.26 Å². The van der Waals surface area contributed by atoms with Gasteiger partial charge < -0.3 is 10.1 Å². The Morgan fingerprint density at radius 1 is 1.22 bits per heavy atom. The van der Waals surface area contributed by atoms with E-state index in [1.54, 1.807) is 31.2 Å². The largest absolute Gasteiger partial charge is 0.492 e. The maximum atomic E-state index is 13.2. The molecule has 138 valence electrons. The molecule has 3 amide bonds. The summed E-state index contributed by atoms with van der Waals surface area (Å²) in [5.41, 5.74) is -0.204. The lowest BCUT2D eigenvalue weighted by atomic mass is 9.87. The zero-order chi connectivity index (χ0) is 19.4. The van der Waals surface area contributed by atoms with Gasteiger partial charge in [-0.3, -0.25) is 9.69 Å². The van der Waals surface area contributed by atoms with Crippen LogP contribution in [-0.2, 0) is 10.3 Å². The van der Waals surface area contributed by atoms with Gasteiger partial charge in [0.25, 0.3) is 5.91 Å². The van der Waals surface area contributed by atoms with Gasteiger partial charge in [0.2, 0.25) is 0 Å². The second-order valence-corrected chi connectivity index (χ2v) is 6.14. The molecule has 27 heavy (non-hydrogen) atoms. The highest BCUT2D eigenvalue weighted by Gasteiger charge is 2.51. The van der Waals surface area contributed by atoms with Crippen LogP contribution in [0.5, 0.6) is 5.75 Å². The highest BCUT2D eigenvalue weighted by Crippen LogP contribution is 2.32. The number of carbonyl (C=O) groups excluding carboxylic acids is 2. The van der Waals surface area contributed by atoms with Crippen molar-refractivity contribution in [2.75, 3.05) is 13.2 Å². The maximum absolute atomic E-state index is 13.2. The minimum absolute atomic E-state index is 0.0599. The minimum Gasteiger partial charge on any atom is -0.492 e. The number of rotatable bonds is 6. The number of amides is 3. The molecule has 1 saturated heterocycles. The number of hydrogen-bond acceptors (Lipinski definition) is 4. The predicted octanol–water partition coefficient (Wildman–Crippen LogP) is 2.93. The summed E-state index contributed by atoms with van der Waals surface area (Å²) in [5.74, 6) is -0.316. The number of carbonyl (C=O) groups is 2. The molecule has 0 aromatic heterocycles. The second kappa shape index (κ2) is 7.46. The van der Waals surface area contributed by atoms with E-state index in [0.717, 1.165) is 4.90 Å². The number of ether oxygens (including phenoxy) is 1. The molecule has 0 aliphatic carbocycles. The molecule has 1 atom stereocenters. The lowest BCUT2D eigenvalue weighted by Gasteiger charge is -2.25. The first-order chi connectivity index (χ1) is 13.0. The first-order valence-corrected chi connectivity index (χ1v) is 8.53. The number of imide groups is 1. The second-order valence-electron chi connectivity index (χ2n) is 6.14. The fourth-order valence-electron chi connectivity index (χ4n) is 3.11. The number of nitriles is 1. The fraction of sp³-hybridized carbons (Fsp3) is 0.250. The van der Waals surface area contributed by atoms with Crippen LogP contribution in [0, 0.1) is 17.1 Å². The molecule has 0 bridgehead atoms. The van der Waals surface area contributed by atoms with Crippen molar-refractivity contribution in [2.45, 2.75) is 18.9 Å². The molecule has 2 aromatic rings. The molecule has 2 aromatic carbocycles. The number of benzene rings is 2. The number of nitrogens with one attached hydrogen (secondary N) is 1. The molecule has 0 radical (unpaired) electrons. The minimum atomic E-state index is -1.20. The normalized spacial score (nSPS) is 18.9. The monoisotopic (exact) mass is 367 g/mol. The third kappa shape index (κ3) is 3.47. The molecular weight excluding hydrogens is 349 g/mol. The zero-order valence-corrected chi connectivity index (χ0v) is 14.7. The molecule has 1 aliphatic heterocycles. The van der Waals surface area contributed by atoms with E-state index in [-0.39, 0.29) is 13.2 Å². The molecule has 6 nitrogen and oxygen atoms in total. The Labute approximate surface area is 156 Å². The third-order valence-corrected chi connectivity index (χ3v) is 4.59. The fourth-order valence-corrected chi connectivity index (χ4v) is 3.11. The molecule has 1 fully saturated rings. The maximum Gasteiger partial charge on any atom is 0.325 e. The van der Waals surface area contributed by atoms with E-state index in [9.17, 15) is 14.0 Å². The average molecular weight is 367 g/mol. The first kappa shape index (κ1) is 18.4. The van der Waals surface area contributed by atoms with Crippen LogP contribution in [-0.4, -0.2) is 30.0 Å². The van der Waals surface area contributed by atoms with E-state index in [0.29, 0.717) is 23.3 Å². The Morgan fingerprint density at radius 2 is 1.96 bits per heavy atom. The Hall–Kier alpha value is -3.40. The van der Waals surface area contributed by atoms with Crippen LogP contribution in [0.25, 0.3) is 0 Å². The van der Waals surface area contributed by atoms with Crippen LogP contribution in [0.15, 0.2) is 48.5 Å². The Balaban J connectivity index is 1.71. The Kier molecular flexibility index (Phi) is 5.08. The summed E-state index contributed by atoms with van der Waals surface area (Å²) < 4.78 is 18.8. The van der Waals surface area contributed by atoms with Crippen LogP contribution in [0.1, 0.15) is 24.5 Å². The van der Waals surface area contributed by atoms with Gasteiger partial charge in [0.1, 0.15) is 23.7 Å². The molecule has 0 saturated carbocycles. The van der Waals surface area contributed by atoms with E-state index in [1.165, 1.54) is 24.3 Å². The molecule has 7 heteroatoms. The lowest BCUT2D eigenvalue weighted by Crippen LogP contribution is -2.43. The number of urea groups is 1. The number of halogens is 1. The third-order valence-electron chi connectivity index (χ3n) is 4.59. The van der Waals surface area contributed by atoms with E-state index in [2.05, 4.69) is 5.32 Å². The molecule has 0 spiro atoms. The molecule has 1 heterocycles. The summed E-state index contributed by atoms with van der Waals surface area (Å²) in [7, 11) is 0. The molecule has 1 aliphatic rings. The Bertz CT molecular complexity index is 907. The van der Waals surface area contributed by atoms with Crippen LogP contribution in [0.2, 0.25) is 0 Å². The van der Waals surface area contributed by atoms with Crippen molar-refractivity contribution in [2.24, 2.45) is 0 Å². The molecule has 1 unspecified atom stereocenters. The molecular formula is C20H18FN3O3. The average Bonchev–Trinajstić information content (AvgIpc) is 2.93. The summed E-state index contributed by atoms with van der Waals surface area (Å²) in [6, 6.07) is 13.7. The van der Waals surface area contributed by atoms with Crippen LogP contribution < -0.4 is 10.1 Å². The van der Waals surface area contributed by atoms with E-state index < -0.39 is 23.3 Å². The van der Waals surface area contributed by atoms with E-state index in [4.69, 9.17) is 10.00 Å². The van der Waals surface area contributed by atoms with Gasteiger partial charge in [-0.15, -0.1) is 0 Å². The predicted molar refractivity (Wildman–Crippen MR) is 95.3 cm³/mol. The standard InChI is InChI=1S/C20H18FN3O3/c1-2-20(15-6-8-16(21)9-7-15)18(25)24(19(26)23-20)10-11-27-17-5-3-4-14(12-17)13-22/h3-9,12H,2,10-11H2,1H3,(H,23,26). The smallest absolute Gasteiger partial charge is 0.325 e. The van der Waals surface area contributed by atoms with Crippen molar-refractivity contribution in [3.05, 3.63) is 65.5 Å². The van der Waals surface area contributed by atoms with Gasteiger partial charge in [0.15, 0.2) is 0 Å². The highest BCUT2D eigenvalue weighted by atomic mass is 19.1. The van der Waals surface area contributed by atoms with Crippen LogP contribution >= 0.6 is 0 Å². The SMILES string of the molecule is CCC1(c2ccc(F)cc2)NC(=O)N(CCOc2cccc(C#N)c2)C1=O. The van der Waals surface area contributed by atoms with Crippen molar-refractivity contribution in [1.29, 1.82) is 5.26 Å². The molecule has 1 N–H and O–H groups in total. The topological polar surface area (TPSA) is 82.4 Å². The van der Waals surface area contributed by atoms with Gasteiger partial charge in [-0.1, -0.05) is 25.1 Å². The quantitative estimate of drug-likeness (QED) is 0.796. The summed E-state index contributed by atoms with van der Waals surface area (Å²) in [6.45, 7) is 1.94. The van der Waals surface area contributed by atoms with E-state index in [1.807, 2.05) is 6.07 Å². The van der Waals surface area contributed by atoms with Gasteiger partial charge in [-0.25, -0.2) is 9.18 Å². The number of nitrogens with zero attached hydrogens (tertiary/aromatic N) is 2. The van der Waals surface area contributed by atoms with Crippen molar-refractivity contribution in [1.82, 2.24) is 10.2 Å². The zero-order valence-electron chi connectivity index (χ0n) is 14.7. The van der Waals surface area contributed by atoms with Crippen molar-refractivity contribution in [3.8, 4) is 11.8 Å². The summed E-state index contributed by atoms with van der Waals surface area (Å²) in [5, 5.41) is 11.6. The number of hydrogen-bond donors (Lipinski definition) is 1. The van der Waals surface area contributed by atoms with Gasteiger partial charge in [-0.05, 0) is 42.3 Å². The lowest BCUT2D eigenvalue weighted by molar-refractivity contribution is -0.132. The Morgan fingerprint density at radius 3 is 2.63 bits per heavy atom. The van der Waals surface area contributed by atoms with Gasteiger partial charge in [0, 0.05) is 0 Å². The summed E-state index contributed by atoms with van der Waals surface area (Å²) >= 11 is 0. The van der Waals surface area contributed by atoms with Gasteiger partial charge >= 0.3 is 6.03 Å². The van der Waals surface area contributed by atoms with Crippen molar-refractivity contribution < 1.29 is 18.7 Å². The summed E-state index contributed by atoms with van der Waals surface area (Å²) in [6.07, 6.45) is 0.338. The van der Waals surface area contributed by atoms with Crippen LogP contribution in [0.4, 0.5) is 9.18 Å². The van der Waals surface area contributed by atoms with Crippen molar-refractivity contribution in [3.63, 3.8) is 0 Å². The van der Waals surface area contributed by atoms with E-state index >= 15 is 0 Å². The first-order valence-electron chi connectivity index (χ1n) is 8.53. The molecule has 3 rings (SSSR count). The summed E-state index contributed by atoms with van der Waals surface area (Å²) in [4.78, 5) is 26.4. The van der Waals surface area contributed by atoms with Crippen molar-refractivity contribution >= 4 is 11.9 Å². The van der Waals surface area contributed by atoms with Gasteiger partial charge in [0.05, 0.1) is 18.2 Å². The highest BCUT2D eigenvalue weighted by molar-refractivity contribution is 6.07.